The number of quaternary nitrogens is 1. The highest BCUT2D eigenvalue weighted by Crippen LogP contribution is 2.15. The summed E-state index contributed by atoms with van der Waals surface area (Å²) in [6, 6.07) is 0. The maximum Gasteiger partial charge on any atom is 0.158 e. The fraction of sp³-hybridized carbons (Fsp3) is 0.550. The Morgan fingerprint density at radius 1 is 1.00 bits per heavy atom. The minimum atomic E-state index is 0.177. The first kappa shape index (κ1) is 20.6. The summed E-state index contributed by atoms with van der Waals surface area (Å²) in [5.74, 6) is 0.446. The zero-order valence-electron chi connectivity index (χ0n) is 14.6. The molecule has 2 nitrogen and oxygen atoms in total. The molecule has 2 heteroatoms. The highest BCUT2D eigenvalue weighted by atomic mass is 16.1. The smallest absolute Gasteiger partial charge is 0.158 e. The summed E-state index contributed by atoms with van der Waals surface area (Å²) in [4.78, 5) is 12.3. The van der Waals surface area contributed by atoms with Gasteiger partial charge in [0.2, 0.25) is 0 Å². The van der Waals surface area contributed by atoms with Gasteiger partial charge in [0.05, 0.1) is 26.2 Å². The summed E-state index contributed by atoms with van der Waals surface area (Å²) in [5, 5.41) is 0. The first-order valence-corrected chi connectivity index (χ1v) is 8.47. The van der Waals surface area contributed by atoms with E-state index in [-0.39, 0.29) is 11.7 Å². The number of hydrogen-bond acceptors (Lipinski definition) is 1. The molecular formula is C20H34NO+. The van der Waals surface area contributed by atoms with E-state index in [0.717, 1.165) is 56.3 Å². The third-order valence-corrected chi connectivity index (χ3v) is 4.13. The Hall–Kier alpha value is -1.41. The van der Waals surface area contributed by atoms with Gasteiger partial charge in [-0.1, -0.05) is 46.4 Å². The Bertz CT molecular complexity index is 355. The van der Waals surface area contributed by atoms with Crippen LogP contribution in [0.5, 0.6) is 0 Å². The molecule has 0 aliphatic carbocycles. The lowest BCUT2D eigenvalue weighted by molar-refractivity contribution is -0.906. The zero-order chi connectivity index (χ0) is 16.8. The quantitative estimate of drug-likeness (QED) is 0.258. The minimum Gasteiger partial charge on any atom is -0.311 e. The van der Waals surface area contributed by atoms with E-state index in [1.165, 1.54) is 0 Å². The standard InChI is InChI=1S/C20H34NO/c1-6-11-13-19(10-5)20(22)14-12-18-21(15-7-2,16-8-3)17-9-4/h7-9,12,14,19H,2-4,6,10-11,13,15-18H2,1,5H3/q+1. The average Bonchev–Trinajstić information content (AvgIpc) is 2.49. The van der Waals surface area contributed by atoms with Crippen molar-refractivity contribution in [1.29, 1.82) is 0 Å². The second-order valence-corrected chi connectivity index (χ2v) is 5.99. The SMILES string of the molecule is C=CC[N+](CC=C)(CC=C)CC=CC(=O)C(CC)CCCC. The number of carbonyl (C=O) groups excluding carboxylic acids is 1. The number of carbonyl (C=O) groups is 1. The van der Waals surface area contributed by atoms with E-state index in [1.54, 1.807) is 6.08 Å². The van der Waals surface area contributed by atoms with Gasteiger partial charge in [-0.3, -0.25) is 4.79 Å². The van der Waals surface area contributed by atoms with E-state index < -0.39 is 0 Å². The van der Waals surface area contributed by atoms with Gasteiger partial charge in [0.15, 0.2) is 5.78 Å². The van der Waals surface area contributed by atoms with E-state index in [9.17, 15) is 4.79 Å². The van der Waals surface area contributed by atoms with Crippen LogP contribution >= 0.6 is 0 Å². The molecule has 0 amide bonds. The first-order valence-electron chi connectivity index (χ1n) is 8.47. The lowest BCUT2D eigenvalue weighted by Crippen LogP contribution is -2.48. The zero-order valence-corrected chi connectivity index (χ0v) is 14.6. The number of unbranched alkanes of at least 4 members (excludes halogenated alkanes) is 1. The summed E-state index contributed by atoms with van der Waals surface area (Å²) in [6.45, 7) is 19.2. The van der Waals surface area contributed by atoms with Gasteiger partial charge in [0.25, 0.3) is 0 Å². The molecule has 0 aliphatic heterocycles. The van der Waals surface area contributed by atoms with Crippen LogP contribution in [0.2, 0.25) is 0 Å². The van der Waals surface area contributed by atoms with Crippen LogP contribution < -0.4 is 0 Å². The Morgan fingerprint density at radius 3 is 1.95 bits per heavy atom. The number of ketones is 1. The third-order valence-electron chi connectivity index (χ3n) is 4.13. The molecule has 0 heterocycles. The third kappa shape index (κ3) is 7.56. The molecule has 0 aliphatic rings. The van der Waals surface area contributed by atoms with Crippen molar-refractivity contribution in [3.8, 4) is 0 Å². The largest absolute Gasteiger partial charge is 0.311 e. The summed E-state index contributed by atoms with van der Waals surface area (Å²) >= 11 is 0. The molecule has 0 bridgehead atoms. The monoisotopic (exact) mass is 304 g/mol. The number of allylic oxidation sites excluding steroid dienone is 1. The Balaban J connectivity index is 4.79. The Labute approximate surface area is 137 Å². The molecule has 22 heavy (non-hydrogen) atoms. The molecule has 0 spiro atoms. The van der Waals surface area contributed by atoms with Crippen molar-refractivity contribution in [1.82, 2.24) is 0 Å². The highest BCUT2D eigenvalue weighted by Gasteiger charge is 2.21. The lowest BCUT2D eigenvalue weighted by Gasteiger charge is -2.35. The van der Waals surface area contributed by atoms with Gasteiger partial charge in [0.1, 0.15) is 0 Å². The molecule has 0 rings (SSSR count). The maximum atomic E-state index is 12.3. The molecule has 0 aromatic heterocycles. The normalized spacial score (nSPS) is 13.0. The topological polar surface area (TPSA) is 17.1 Å². The molecule has 0 fully saturated rings. The van der Waals surface area contributed by atoms with Crippen LogP contribution in [0.4, 0.5) is 0 Å². The van der Waals surface area contributed by atoms with Crippen LogP contribution in [0.15, 0.2) is 50.1 Å². The fourth-order valence-electron chi connectivity index (χ4n) is 2.80. The second-order valence-electron chi connectivity index (χ2n) is 5.99. The van der Waals surface area contributed by atoms with Crippen LogP contribution in [0, 0.1) is 5.92 Å². The summed E-state index contributed by atoms with van der Waals surface area (Å²) in [7, 11) is 0. The van der Waals surface area contributed by atoms with Gasteiger partial charge < -0.3 is 4.48 Å². The molecule has 0 saturated carbocycles. The summed E-state index contributed by atoms with van der Waals surface area (Å²) in [5.41, 5.74) is 0. The molecule has 1 atom stereocenters. The van der Waals surface area contributed by atoms with Gasteiger partial charge in [-0.2, -0.15) is 0 Å². The molecule has 124 valence electrons. The number of hydrogen-bond donors (Lipinski definition) is 0. The van der Waals surface area contributed by atoms with E-state index in [4.69, 9.17) is 0 Å². The molecule has 0 saturated heterocycles. The summed E-state index contributed by atoms with van der Waals surface area (Å²) in [6.07, 6.45) is 13.8. The molecule has 0 aromatic rings. The molecular weight excluding hydrogens is 270 g/mol. The average molecular weight is 304 g/mol. The fourth-order valence-corrected chi connectivity index (χ4v) is 2.80. The van der Waals surface area contributed by atoms with E-state index in [1.807, 2.05) is 24.3 Å². The van der Waals surface area contributed by atoms with Crippen molar-refractivity contribution in [2.75, 3.05) is 26.2 Å². The van der Waals surface area contributed by atoms with Gasteiger partial charge in [0, 0.05) is 5.92 Å². The van der Waals surface area contributed by atoms with Crippen molar-refractivity contribution in [2.24, 2.45) is 5.92 Å². The molecule has 0 radical (unpaired) electrons. The second kappa shape index (κ2) is 12.2. The van der Waals surface area contributed by atoms with Crippen LogP contribution in [0.25, 0.3) is 0 Å². The van der Waals surface area contributed by atoms with E-state index >= 15 is 0 Å². The molecule has 0 N–H and O–H groups in total. The van der Waals surface area contributed by atoms with Crippen LogP contribution in [-0.4, -0.2) is 36.4 Å². The Morgan fingerprint density at radius 2 is 1.55 bits per heavy atom. The lowest BCUT2D eigenvalue weighted by atomic mass is 9.94. The van der Waals surface area contributed by atoms with Gasteiger partial charge in [-0.15, -0.1) is 0 Å². The highest BCUT2D eigenvalue weighted by molar-refractivity contribution is 5.91. The van der Waals surface area contributed by atoms with E-state index in [2.05, 4.69) is 33.6 Å². The number of nitrogens with zero attached hydrogens (tertiary/aromatic N) is 1. The van der Waals surface area contributed by atoms with Crippen molar-refractivity contribution in [2.45, 2.75) is 39.5 Å². The predicted molar refractivity (Wildman–Crippen MR) is 97.8 cm³/mol. The minimum absolute atomic E-state index is 0.177. The Kier molecular flexibility index (Phi) is 11.4. The van der Waals surface area contributed by atoms with Gasteiger partial charge in [-0.25, -0.2) is 0 Å². The van der Waals surface area contributed by atoms with Crippen molar-refractivity contribution >= 4 is 5.78 Å². The van der Waals surface area contributed by atoms with Gasteiger partial charge in [-0.05, 0) is 43.2 Å². The summed E-state index contributed by atoms with van der Waals surface area (Å²) < 4.78 is 0.798. The number of rotatable bonds is 14. The molecule has 0 aromatic carbocycles. The van der Waals surface area contributed by atoms with Crippen LogP contribution in [-0.2, 0) is 4.79 Å². The van der Waals surface area contributed by atoms with Crippen molar-refractivity contribution < 1.29 is 9.28 Å². The van der Waals surface area contributed by atoms with Gasteiger partial charge >= 0.3 is 0 Å². The molecule has 1 unspecified atom stereocenters. The van der Waals surface area contributed by atoms with Crippen LogP contribution in [0.3, 0.4) is 0 Å². The van der Waals surface area contributed by atoms with Crippen LogP contribution in [0.1, 0.15) is 39.5 Å². The predicted octanol–water partition coefficient (Wildman–Crippen LogP) is 4.70. The maximum absolute atomic E-state index is 12.3. The van der Waals surface area contributed by atoms with Crippen molar-refractivity contribution in [3.05, 3.63) is 50.1 Å². The van der Waals surface area contributed by atoms with Crippen molar-refractivity contribution in [3.63, 3.8) is 0 Å². The first-order chi connectivity index (χ1) is 10.6. The van der Waals surface area contributed by atoms with E-state index in [0.29, 0.717) is 0 Å².